The molecule has 3 N–H and O–H groups in total. The monoisotopic (exact) mass is 328 g/mol. The van der Waals surface area contributed by atoms with Gasteiger partial charge in [0.2, 0.25) is 0 Å². The van der Waals surface area contributed by atoms with E-state index in [0.29, 0.717) is 35.6 Å². The third-order valence-corrected chi connectivity index (χ3v) is 5.81. The van der Waals surface area contributed by atoms with E-state index in [1.54, 1.807) is 25.1 Å². The molecule has 0 amide bonds. The van der Waals surface area contributed by atoms with Gasteiger partial charge in [0.15, 0.2) is 4.21 Å². The molecule has 0 aliphatic heterocycles. The Morgan fingerprint density at radius 1 is 1.38 bits per heavy atom. The Balaban J connectivity index is 2.24. The normalized spacial score (nSPS) is 11.5. The topological polar surface area (TPSA) is 99.3 Å². The number of thiazole rings is 1. The number of nitrogens with one attached hydrogen (secondary N) is 2. The Hall–Kier alpha value is -1.64. The second kappa shape index (κ2) is 6.42. The van der Waals surface area contributed by atoms with Crippen molar-refractivity contribution in [1.29, 1.82) is 0 Å². The predicted octanol–water partition coefficient (Wildman–Crippen LogP) is 1.47. The second-order valence-electron chi connectivity index (χ2n) is 4.56. The Morgan fingerprint density at radius 3 is 2.76 bits per heavy atom. The lowest BCUT2D eigenvalue weighted by molar-refractivity contribution is 0.288. The minimum atomic E-state index is -3.77. The fraction of sp³-hybridized carbons (Fsp3) is 0.308. The summed E-state index contributed by atoms with van der Waals surface area (Å²) in [4.78, 5) is 13.3. The zero-order valence-electron chi connectivity index (χ0n) is 11.4. The molecule has 6 nitrogen and oxygen atoms in total. The van der Waals surface area contributed by atoms with E-state index in [9.17, 15) is 13.2 Å². The Kier molecular flexibility index (Phi) is 4.81. The zero-order valence-corrected chi connectivity index (χ0v) is 13.1. The van der Waals surface area contributed by atoms with Crippen molar-refractivity contribution in [3.8, 4) is 0 Å². The van der Waals surface area contributed by atoms with Gasteiger partial charge in [-0.3, -0.25) is 9.52 Å². The van der Waals surface area contributed by atoms with Crippen LogP contribution in [-0.4, -0.2) is 25.1 Å². The minimum absolute atomic E-state index is 0.00624. The minimum Gasteiger partial charge on any atom is -0.396 e. The average molecular weight is 328 g/mol. The Morgan fingerprint density at radius 2 is 2.14 bits per heavy atom. The van der Waals surface area contributed by atoms with Crippen LogP contribution in [0.4, 0.5) is 5.69 Å². The Bertz CT molecular complexity index is 777. The number of anilines is 1. The van der Waals surface area contributed by atoms with Crippen molar-refractivity contribution in [3.05, 3.63) is 45.2 Å². The van der Waals surface area contributed by atoms with Gasteiger partial charge >= 0.3 is 4.87 Å². The van der Waals surface area contributed by atoms with Crippen LogP contribution in [0.1, 0.15) is 17.7 Å². The summed E-state index contributed by atoms with van der Waals surface area (Å²) in [5.41, 5.74) is 1.70. The third-order valence-electron chi connectivity index (χ3n) is 2.83. The van der Waals surface area contributed by atoms with E-state index in [2.05, 4.69) is 9.71 Å². The lowest BCUT2D eigenvalue weighted by atomic mass is 10.1. The van der Waals surface area contributed by atoms with E-state index in [-0.39, 0.29) is 10.8 Å². The van der Waals surface area contributed by atoms with Crippen LogP contribution in [0.3, 0.4) is 0 Å². The molecule has 0 radical (unpaired) electrons. The summed E-state index contributed by atoms with van der Waals surface area (Å²) in [5, 5.41) is 8.82. The van der Waals surface area contributed by atoms with Crippen molar-refractivity contribution in [1.82, 2.24) is 4.98 Å². The highest BCUT2D eigenvalue weighted by molar-refractivity contribution is 7.94. The van der Waals surface area contributed by atoms with Gasteiger partial charge in [-0.2, -0.15) is 0 Å². The number of aromatic nitrogens is 1. The molecule has 0 saturated heterocycles. The van der Waals surface area contributed by atoms with Gasteiger partial charge < -0.3 is 10.1 Å². The molecule has 21 heavy (non-hydrogen) atoms. The van der Waals surface area contributed by atoms with Crippen molar-refractivity contribution in [2.75, 3.05) is 11.3 Å². The lowest BCUT2D eigenvalue weighted by Crippen LogP contribution is -2.12. The third kappa shape index (κ3) is 3.93. The summed E-state index contributed by atoms with van der Waals surface area (Å²) in [7, 11) is -3.77. The largest absolute Gasteiger partial charge is 0.396 e. The average Bonchev–Trinajstić information content (AvgIpc) is 2.76. The van der Waals surface area contributed by atoms with Crippen LogP contribution >= 0.6 is 11.3 Å². The van der Waals surface area contributed by atoms with Crippen LogP contribution in [0.5, 0.6) is 0 Å². The van der Waals surface area contributed by atoms with Gasteiger partial charge in [-0.25, -0.2) is 8.42 Å². The standard InChI is InChI=1S/C13H16N2O4S2/c1-9-12(20-13(17)14-9)21(18,19)15-11-6-2-4-10(8-11)5-3-7-16/h2,4,6,8,15-16H,3,5,7H2,1H3,(H,14,17). The molecule has 0 saturated carbocycles. The van der Waals surface area contributed by atoms with Gasteiger partial charge in [-0.1, -0.05) is 23.5 Å². The number of aryl methyl sites for hydroxylation is 2. The van der Waals surface area contributed by atoms with Gasteiger partial charge in [0.25, 0.3) is 10.0 Å². The van der Waals surface area contributed by atoms with Gasteiger partial charge in [0, 0.05) is 18.0 Å². The maximum absolute atomic E-state index is 12.3. The number of rotatable bonds is 6. The molecule has 0 aliphatic carbocycles. The van der Waals surface area contributed by atoms with Crippen molar-refractivity contribution < 1.29 is 13.5 Å². The van der Waals surface area contributed by atoms with Gasteiger partial charge in [-0.15, -0.1) is 0 Å². The fourth-order valence-electron chi connectivity index (χ4n) is 1.92. The maximum atomic E-state index is 12.3. The molecule has 2 rings (SSSR count). The number of aliphatic hydroxyl groups excluding tert-OH is 1. The van der Waals surface area contributed by atoms with E-state index in [1.807, 2.05) is 6.07 Å². The van der Waals surface area contributed by atoms with Crippen molar-refractivity contribution in [3.63, 3.8) is 0 Å². The molecule has 114 valence electrons. The summed E-state index contributed by atoms with van der Waals surface area (Å²) >= 11 is 0.664. The summed E-state index contributed by atoms with van der Waals surface area (Å²) in [6.07, 6.45) is 1.29. The predicted molar refractivity (Wildman–Crippen MR) is 82.3 cm³/mol. The van der Waals surface area contributed by atoms with E-state index >= 15 is 0 Å². The van der Waals surface area contributed by atoms with Crippen LogP contribution in [0.25, 0.3) is 0 Å². The SMILES string of the molecule is Cc1[nH]c(=O)sc1S(=O)(=O)Nc1cccc(CCCO)c1. The zero-order chi connectivity index (χ0) is 15.5. The molecule has 0 atom stereocenters. The second-order valence-corrected chi connectivity index (χ2v) is 7.42. The molecular formula is C13H16N2O4S2. The maximum Gasteiger partial charge on any atom is 0.306 e. The highest BCUT2D eigenvalue weighted by atomic mass is 32.2. The number of hydrogen-bond acceptors (Lipinski definition) is 5. The Labute approximate surface area is 126 Å². The van der Waals surface area contributed by atoms with Crippen LogP contribution in [0.2, 0.25) is 0 Å². The van der Waals surface area contributed by atoms with Crippen molar-refractivity contribution in [2.24, 2.45) is 0 Å². The number of benzene rings is 1. The quantitative estimate of drug-likeness (QED) is 0.747. The highest BCUT2D eigenvalue weighted by Crippen LogP contribution is 2.21. The number of aliphatic hydroxyl groups is 1. The molecule has 0 spiro atoms. The first-order chi connectivity index (χ1) is 9.92. The lowest BCUT2D eigenvalue weighted by Gasteiger charge is -2.08. The first-order valence-corrected chi connectivity index (χ1v) is 8.64. The fourth-order valence-corrected chi connectivity index (χ4v) is 4.27. The first kappa shape index (κ1) is 15.7. The highest BCUT2D eigenvalue weighted by Gasteiger charge is 2.20. The number of aromatic amines is 1. The molecule has 8 heteroatoms. The van der Waals surface area contributed by atoms with E-state index in [0.717, 1.165) is 5.56 Å². The molecule has 1 aromatic carbocycles. The summed E-state index contributed by atoms with van der Waals surface area (Å²) in [6, 6.07) is 6.98. The molecular weight excluding hydrogens is 312 g/mol. The smallest absolute Gasteiger partial charge is 0.306 e. The molecule has 0 fully saturated rings. The van der Waals surface area contributed by atoms with E-state index in [4.69, 9.17) is 5.11 Å². The number of hydrogen-bond donors (Lipinski definition) is 3. The van der Waals surface area contributed by atoms with Crippen molar-refractivity contribution >= 4 is 27.0 Å². The summed E-state index contributed by atoms with van der Waals surface area (Å²) < 4.78 is 27.0. The molecule has 1 aromatic heterocycles. The van der Waals surface area contributed by atoms with E-state index < -0.39 is 14.9 Å². The van der Waals surface area contributed by atoms with Crippen LogP contribution in [-0.2, 0) is 16.4 Å². The van der Waals surface area contributed by atoms with Gasteiger partial charge in [-0.05, 0) is 37.5 Å². The van der Waals surface area contributed by atoms with Crippen molar-refractivity contribution in [2.45, 2.75) is 24.0 Å². The molecule has 0 bridgehead atoms. The van der Waals surface area contributed by atoms with Crippen LogP contribution in [0, 0.1) is 6.92 Å². The molecule has 0 aliphatic rings. The van der Waals surface area contributed by atoms with Crippen LogP contribution < -0.4 is 9.60 Å². The number of sulfonamides is 1. The molecule has 0 unspecified atom stereocenters. The van der Waals surface area contributed by atoms with Gasteiger partial charge in [0.05, 0.1) is 0 Å². The summed E-state index contributed by atoms with van der Waals surface area (Å²) in [5.74, 6) is 0. The summed E-state index contributed by atoms with van der Waals surface area (Å²) in [6.45, 7) is 1.64. The van der Waals surface area contributed by atoms with E-state index in [1.165, 1.54) is 0 Å². The molecule has 1 heterocycles. The number of H-pyrrole nitrogens is 1. The molecule has 2 aromatic rings. The first-order valence-electron chi connectivity index (χ1n) is 6.35. The van der Waals surface area contributed by atoms with Gasteiger partial charge in [0.1, 0.15) is 0 Å². The van der Waals surface area contributed by atoms with Crippen LogP contribution in [0.15, 0.2) is 33.3 Å².